The highest BCUT2D eigenvalue weighted by Crippen LogP contribution is 2.32. The number of rotatable bonds is 5. The smallest absolute Gasteiger partial charge is 0.244 e. The zero-order valence-electron chi connectivity index (χ0n) is 14.2. The number of oxazole rings is 1. The van der Waals surface area contributed by atoms with Gasteiger partial charge in [0.25, 0.3) is 0 Å². The maximum absolute atomic E-state index is 12.6. The minimum Gasteiger partial charge on any atom is -0.443 e. The van der Waals surface area contributed by atoms with E-state index in [0.29, 0.717) is 17.3 Å². The molecule has 1 atom stereocenters. The Hall–Kier alpha value is -2.60. The van der Waals surface area contributed by atoms with Crippen LogP contribution in [-0.2, 0) is 17.8 Å². The molecule has 3 heterocycles. The van der Waals surface area contributed by atoms with E-state index in [0.717, 1.165) is 30.7 Å². The van der Waals surface area contributed by atoms with Gasteiger partial charge < -0.3 is 9.32 Å². The van der Waals surface area contributed by atoms with Crippen molar-refractivity contribution in [3.05, 3.63) is 71.2 Å². The first-order valence-corrected chi connectivity index (χ1v) is 9.03. The van der Waals surface area contributed by atoms with Gasteiger partial charge in [-0.1, -0.05) is 23.7 Å². The van der Waals surface area contributed by atoms with Crippen LogP contribution in [0, 0.1) is 0 Å². The second-order valence-electron chi connectivity index (χ2n) is 6.42. The molecule has 7 heteroatoms. The van der Waals surface area contributed by atoms with Crippen molar-refractivity contribution in [1.29, 1.82) is 0 Å². The molecule has 1 aliphatic rings. The number of carbonyl (C=O) groups is 1. The average Bonchev–Trinajstić information content (AvgIpc) is 3.36. The van der Waals surface area contributed by atoms with Crippen LogP contribution in [0.3, 0.4) is 0 Å². The van der Waals surface area contributed by atoms with E-state index < -0.39 is 0 Å². The molecule has 26 heavy (non-hydrogen) atoms. The molecular weight excluding hydrogens is 352 g/mol. The van der Waals surface area contributed by atoms with Gasteiger partial charge in [0.05, 0.1) is 6.20 Å². The predicted octanol–water partition coefficient (Wildman–Crippen LogP) is 3.48. The predicted molar refractivity (Wildman–Crippen MR) is 96.7 cm³/mol. The van der Waals surface area contributed by atoms with Gasteiger partial charge in [0.1, 0.15) is 18.3 Å². The fourth-order valence-electron chi connectivity index (χ4n) is 3.35. The van der Waals surface area contributed by atoms with E-state index >= 15 is 0 Å². The summed E-state index contributed by atoms with van der Waals surface area (Å²) in [6.45, 7) is 0.955. The van der Waals surface area contributed by atoms with Crippen molar-refractivity contribution in [2.75, 3.05) is 6.54 Å². The van der Waals surface area contributed by atoms with E-state index in [2.05, 4.69) is 10.1 Å². The lowest BCUT2D eigenvalue weighted by Gasteiger charge is -2.22. The number of nitrogens with zero attached hydrogens (tertiary/aromatic N) is 4. The van der Waals surface area contributed by atoms with Gasteiger partial charge in [-0.15, -0.1) is 0 Å². The molecule has 1 saturated heterocycles. The first-order chi connectivity index (χ1) is 12.7. The van der Waals surface area contributed by atoms with Gasteiger partial charge in [0.2, 0.25) is 11.8 Å². The fraction of sp³-hybridized carbons (Fsp3) is 0.316. The van der Waals surface area contributed by atoms with Crippen molar-refractivity contribution in [2.45, 2.75) is 31.8 Å². The van der Waals surface area contributed by atoms with E-state index in [1.54, 1.807) is 23.3 Å². The molecule has 0 radical (unpaired) electrons. The van der Waals surface area contributed by atoms with Crippen LogP contribution in [-0.4, -0.2) is 32.1 Å². The van der Waals surface area contributed by atoms with Crippen LogP contribution in [0.25, 0.3) is 0 Å². The van der Waals surface area contributed by atoms with Crippen molar-refractivity contribution in [3.8, 4) is 0 Å². The maximum Gasteiger partial charge on any atom is 0.244 e. The Morgan fingerprint density at radius 1 is 1.35 bits per heavy atom. The Morgan fingerprint density at radius 2 is 2.27 bits per heavy atom. The summed E-state index contributed by atoms with van der Waals surface area (Å²) in [5.74, 6) is 1.41. The molecule has 0 unspecified atom stereocenters. The molecule has 1 aromatic carbocycles. The summed E-state index contributed by atoms with van der Waals surface area (Å²) in [6.07, 6.45) is 7.64. The van der Waals surface area contributed by atoms with Gasteiger partial charge in [0.15, 0.2) is 0 Å². The Bertz CT molecular complexity index is 891. The zero-order valence-corrected chi connectivity index (χ0v) is 15.0. The molecule has 0 N–H and O–H groups in total. The fourth-order valence-corrected chi connectivity index (χ4v) is 3.56. The molecule has 0 bridgehead atoms. The molecule has 2 aromatic heterocycles. The Balaban J connectivity index is 1.46. The second-order valence-corrected chi connectivity index (χ2v) is 6.86. The van der Waals surface area contributed by atoms with Crippen molar-refractivity contribution in [1.82, 2.24) is 19.7 Å². The molecule has 1 fully saturated rings. The van der Waals surface area contributed by atoms with Crippen molar-refractivity contribution in [3.63, 3.8) is 0 Å². The number of hydrogen-bond acceptors (Lipinski definition) is 4. The summed E-state index contributed by atoms with van der Waals surface area (Å²) in [6, 6.07) is 9.39. The third kappa shape index (κ3) is 3.65. The van der Waals surface area contributed by atoms with Crippen molar-refractivity contribution < 1.29 is 9.21 Å². The largest absolute Gasteiger partial charge is 0.443 e. The summed E-state index contributed by atoms with van der Waals surface area (Å²) in [4.78, 5) is 18.9. The molecule has 0 aliphatic carbocycles. The van der Waals surface area contributed by atoms with Crippen LogP contribution >= 0.6 is 11.6 Å². The Morgan fingerprint density at radius 3 is 3.08 bits per heavy atom. The van der Waals surface area contributed by atoms with Gasteiger partial charge in [-0.2, -0.15) is 5.10 Å². The van der Waals surface area contributed by atoms with Gasteiger partial charge in [-0.3, -0.25) is 9.48 Å². The number of amides is 1. The highest BCUT2D eigenvalue weighted by molar-refractivity contribution is 6.30. The average molecular weight is 371 g/mol. The number of likely N-dealkylation sites (tertiary alicyclic amines) is 1. The van der Waals surface area contributed by atoms with Gasteiger partial charge in [-0.05, 0) is 36.6 Å². The molecule has 0 spiro atoms. The van der Waals surface area contributed by atoms with E-state index in [-0.39, 0.29) is 18.5 Å². The number of halogens is 1. The molecule has 134 valence electrons. The lowest BCUT2D eigenvalue weighted by Crippen LogP contribution is -2.33. The molecule has 4 rings (SSSR count). The number of benzene rings is 1. The topological polar surface area (TPSA) is 64.2 Å². The number of aromatic nitrogens is 3. The normalized spacial score (nSPS) is 17.0. The third-order valence-corrected chi connectivity index (χ3v) is 4.79. The molecule has 6 nitrogen and oxygen atoms in total. The Labute approximate surface area is 156 Å². The van der Waals surface area contributed by atoms with Crippen LogP contribution in [0.15, 0.2) is 53.3 Å². The van der Waals surface area contributed by atoms with Crippen LogP contribution in [0.2, 0.25) is 5.02 Å². The maximum atomic E-state index is 12.6. The van der Waals surface area contributed by atoms with Crippen LogP contribution < -0.4 is 0 Å². The molecule has 1 aliphatic heterocycles. The highest BCUT2D eigenvalue weighted by Gasteiger charge is 2.33. The van der Waals surface area contributed by atoms with Crippen LogP contribution in [0.1, 0.15) is 36.1 Å². The van der Waals surface area contributed by atoms with Gasteiger partial charge in [-0.25, -0.2) is 4.98 Å². The summed E-state index contributed by atoms with van der Waals surface area (Å²) in [7, 11) is 0. The number of carbonyl (C=O) groups excluding carboxylic acids is 1. The first-order valence-electron chi connectivity index (χ1n) is 8.65. The highest BCUT2D eigenvalue weighted by atomic mass is 35.5. The standard InChI is InChI=1S/C19H19ClN4O2/c20-15-5-1-4-14(10-15)11-16-12-21-19(26-16)17-6-2-9-24(17)18(25)13-23-8-3-7-22-23/h1,3-5,7-8,10,12,17H,2,6,9,11,13H2/t17-/m1/s1. The first kappa shape index (κ1) is 16.8. The lowest BCUT2D eigenvalue weighted by atomic mass is 10.1. The van der Waals surface area contributed by atoms with Crippen LogP contribution in [0.4, 0.5) is 0 Å². The van der Waals surface area contributed by atoms with Crippen LogP contribution in [0.5, 0.6) is 0 Å². The minimum absolute atomic E-state index is 0.0331. The second kappa shape index (κ2) is 7.33. The molecule has 0 saturated carbocycles. The zero-order chi connectivity index (χ0) is 17.9. The Kier molecular flexibility index (Phi) is 4.75. The summed E-state index contributed by atoms with van der Waals surface area (Å²) in [5, 5.41) is 4.81. The molecule has 1 amide bonds. The monoisotopic (exact) mass is 370 g/mol. The van der Waals surface area contributed by atoms with E-state index in [1.807, 2.05) is 35.2 Å². The molecule has 3 aromatic rings. The summed E-state index contributed by atoms with van der Waals surface area (Å²) >= 11 is 6.03. The van der Waals surface area contributed by atoms with E-state index in [1.165, 1.54) is 0 Å². The molecular formula is C19H19ClN4O2. The summed E-state index contributed by atoms with van der Waals surface area (Å²) < 4.78 is 7.59. The quantitative estimate of drug-likeness (QED) is 0.689. The van der Waals surface area contributed by atoms with Crippen molar-refractivity contribution in [2.24, 2.45) is 0 Å². The van der Waals surface area contributed by atoms with Gasteiger partial charge in [0, 0.05) is 30.4 Å². The third-order valence-electron chi connectivity index (χ3n) is 4.55. The summed E-state index contributed by atoms with van der Waals surface area (Å²) in [5.41, 5.74) is 1.07. The van der Waals surface area contributed by atoms with E-state index in [9.17, 15) is 4.79 Å². The lowest BCUT2D eigenvalue weighted by molar-refractivity contribution is -0.133. The van der Waals surface area contributed by atoms with Crippen molar-refractivity contribution >= 4 is 17.5 Å². The van der Waals surface area contributed by atoms with E-state index in [4.69, 9.17) is 16.0 Å². The SMILES string of the molecule is O=C(Cn1cccn1)N1CCC[C@@H]1c1ncc(Cc2cccc(Cl)c2)o1. The van der Waals surface area contributed by atoms with Gasteiger partial charge >= 0.3 is 0 Å². The minimum atomic E-state index is -0.105. The number of hydrogen-bond donors (Lipinski definition) is 0.